The molecule has 2 heteroatoms. The molecule has 1 saturated heterocycles. The van der Waals surface area contributed by atoms with E-state index in [1.165, 1.54) is 25.9 Å². The Balaban J connectivity index is 2.28. The number of rotatable bonds is 3. The molecule has 0 spiro atoms. The van der Waals surface area contributed by atoms with Gasteiger partial charge in [0.1, 0.15) is 0 Å². The van der Waals surface area contributed by atoms with Crippen molar-refractivity contribution in [1.82, 2.24) is 4.90 Å². The molecule has 18 heavy (non-hydrogen) atoms. The number of aliphatic hydroxyl groups excluding tert-OH is 1. The highest BCUT2D eigenvalue weighted by Crippen LogP contribution is 2.34. The number of piperidine rings is 1. The van der Waals surface area contributed by atoms with Crippen molar-refractivity contribution in [2.24, 2.45) is 16.7 Å². The molecule has 0 bridgehead atoms. The first-order chi connectivity index (χ1) is 8.10. The number of nitrogens with zero attached hydrogens (tertiary/aromatic N) is 1. The lowest BCUT2D eigenvalue weighted by Crippen LogP contribution is -2.40. The zero-order valence-corrected chi connectivity index (χ0v) is 13.3. The monoisotopic (exact) mass is 255 g/mol. The van der Waals surface area contributed by atoms with Crippen LogP contribution in [-0.4, -0.2) is 35.7 Å². The molecule has 0 radical (unpaired) electrons. The van der Waals surface area contributed by atoms with Gasteiger partial charge >= 0.3 is 0 Å². The minimum absolute atomic E-state index is 0.0176. The van der Waals surface area contributed by atoms with E-state index in [2.05, 4.69) is 46.4 Å². The van der Waals surface area contributed by atoms with Gasteiger partial charge in [0.25, 0.3) is 0 Å². The third-order valence-corrected chi connectivity index (χ3v) is 4.53. The van der Waals surface area contributed by atoms with Crippen LogP contribution < -0.4 is 0 Å². The Morgan fingerprint density at radius 1 is 1.06 bits per heavy atom. The molecule has 1 unspecified atom stereocenters. The van der Waals surface area contributed by atoms with Crippen LogP contribution in [0.4, 0.5) is 0 Å². The third kappa shape index (κ3) is 4.89. The summed E-state index contributed by atoms with van der Waals surface area (Å²) < 4.78 is 0. The summed E-state index contributed by atoms with van der Waals surface area (Å²) in [4.78, 5) is 2.52. The van der Waals surface area contributed by atoms with Gasteiger partial charge in [-0.25, -0.2) is 0 Å². The van der Waals surface area contributed by atoms with E-state index in [9.17, 15) is 5.11 Å². The Morgan fingerprint density at radius 3 is 1.94 bits per heavy atom. The number of likely N-dealkylation sites (tertiary alicyclic amines) is 1. The molecule has 0 amide bonds. The van der Waals surface area contributed by atoms with Crippen LogP contribution >= 0.6 is 0 Å². The minimum atomic E-state index is -0.183. The van der Waals surface area contributed by atoms with Crippen molar-refractivity contribution in [3.05, 3.63) is 0 Å². The van der Waals surface area contributed by atoms with E-state index in [-0.39, 0.29) is 11.5 Å². The van der Waals surface area contributed by atoms with Crippen molar-refractivity contribution in [3.63, 3.8) is 0 Å². The van der Waals surface area contributed by atoms with Gasteiger partial charge in [0, 0.05) is 6.54 Å². The second kappa shape index (κ2) is 5.92. The molecule has 1 aliphatic rings. The van der Waals surface area contributed by atoms with Crippen LogP contribution in [0, 0.1) is 16.7 Å². The predicted molar refractivity (Wildman–Crippen MR) is 78.7 cm³/mol. The quantitative estimate of drug-likeness (QED) is 0.834. The van der Waals surface area contributed by atoms with Crippen LogP contribution in [0.1, 0.15) is 60.8 Å². The van der Waals surface area contributed by atoms with Gasteiger partial charge in [0.2, 0.25) is 0 Å². The molecule has 1 heterocycles. The van der Waals surface area contributed by atoms with Gasteiger partial charge in [-0.3, -0.25) is 0 Å². The SMILES string of the molecule is CC(C)(C)C(O)CCN1CCC(C(C)(C)C)CC1. The van der Waals surface area contributed by atoms with Gasteiger partial charge in [-0.2, -0.15) is 0 Å². The second-order valence-electron chi connectivity index (χ2n) is 8.15. The Bertz CT molecular complexity index is 241. The summed E-state index contributed by atoms with van der Waals surface area (Å²) in [6.45, 7) is 16.9. The predicted octanol–water partition coefficient (Wildman–Crippen LogP) is 3.54. The van der Waals surface area contributed by atoms with Gasteiger partial charge in [-0.1, -0.05) is 41.5 Å². The molecule has 108 valence electrons. The average Bonchev–Trinajstić information content (AvgIpc) is 2.24. The number of hydrogen-bond donors (Lipinski definition) is 1. The molecule has 0 aromatic carbocycles. The summed E-state index contributed by atoms with van der Waals surface area (Å²) >= 11 is 0. The van der Waals surface area contributed by atoms with Gasteiger partial charge in [0.05, 0.1) is 6.10 Å². The van der Waals surface area contributed by atoms with Crippen LogP contribution in [0.5, 0.6) is 0 Å². The summed E-state index contributed by atoms with van der Waals surface area (Å²) in [6.07, 6.45) is 3.35. The van der Waals surface area contributed by atoms with E-state index in [4.69, 9.17) is 0 Å². The van der Waals surface area contributed by atoms with Crippen molar-refractivity contribution < 1.29 is 5.11 Å². The van der Waals surface area contributed by atoms with Gasteiger partial charge in [-0.05, 0) is 49.1 Å². The molecule has 0 aromatic heterocycles. The van der Waals surface area contributed by atoms with Crippen LogP contribution in [0.3, 0.4) is 0 Å². The largest absolute Gasteiger partial charge is 0.393 e. The molecule has 1 fully saturated rings. The Kier molecular flexibility index (Phi) is 5.25. The van der Waals surface area contributed by atoms with Gasteiger partial charge in [-0.15, -0.1) is 0 Å². The summed E-state index contributed by atoms with van der Waals surface area (Å²) in [5.74, 6) is 0.862. The highest BCUT2D eigenvalue weighted by atomic mass is 16.3. The minimum Gasteiger partial charge on any atom is -0.393 e. The maximum absolute atomic E-state index is 10.1. The molecule has 0 aromatic rings. The maximum atomic E-state index is 10.1. The van der Waals surface area contributed by atoms with E-state index in [0.717, 1.165) is 18.9 Å². The summed E-state index contributed by atoms with van der Waals surface area (Å²) in [7, 11) is 0. The maximum Gasteiger partial charge on any atom is 0.0600 e. The first-order valence-corrected chi connectivity index (χ1v) is 7.51. The van der Waals surface area contributed by atoms with E-state index >= 15 is 0 Å². The van der Waals surface area contributed by atoms with E-state index in [0.29, 0.717) is 5.41 Å². The van der Waals surface area contributed by atoms with Gasteiger partial charge < -0.3 is 10.0 Å². The molecule has 1 N–H and O–H groups in total. The topological polar surface area (TPSA) is 23.5 Å². The van der Waals surface area contributed by atoms with Crippen LogP contribution in [0.25, 0.3) is 0 Å². The second-order valence-corrected chi connectivity index (χ2v) is 8.15. The molecule has 0 aliphatic carbocycles. The molecular weight excluding hydrogens is 222 g/mol. The smallest absolute Gasteiger partial charge is 0.0600 e. The summed E-state index contributed by atoms with van der Waals surface area (Å²) in [6, 6.07) is 0. The molecule has 0 saturated carbocycles. The van der Waals surface area contributed by atoms with Crippen molar-refractivity contribution in [2.45, 2.75) is 66.9 Å². The van der Waals surface area contributed by atoms with Crippen molar-refractivity contribution in [3.8, 4) is 0 Å². The van der Waals surface area contributed by atoms with Crippen LogP contribution in [0.2, 0.25) is 0 Å². The van der Waals surface area contributed by atoms with Crippen LogP contribution in [-0.2, 0) is 0 Å². The highest BCUT2D eigenvalue weighted by molar-refractivity contribution is 4.81. The molecule has 2 nitrogen and oxygen atoms in total. The summed E-state index contributed by atoms with van der Waals surface area (Å²) in [5, 5.41) is 10.1. The van der Waals surface area contributed by atoms with E-state index in [1.807, 2.05) is 0 Å². The Hall–Kier alpha value is -0.0800. The first kappa shape index (κ1) is 16.0. The fourth-order valence-electron chi connectivity index (χ4n) is 2.76. The number of hydrogen-bond acceptors (Lipinski definition) is 2. The Labute approximate surface area is 114 Å². The lowest BCUT2D eigenvalue weighted by atomic mass is 9.75. The van der Waals surface area contributed by atoms with Crippen molar-refractivity contribution in [1.29, 1.82) is 0 Å². The zero-order chi connectivity index (χ0) is 14.0. The van der Waals surface area contributed by atoms with E-state index < -0.39 is 0 Å². The molecule has 1 atom stereocenters. The van der Waals surface area contributed by atoms with E-state index in [1.54, 1.807) is 0 Å². The summed E-state index contributed by atoms with van der Waals surface area (Å²) in [5.41, 5.74) is 0.473. The molecule has 1 rings (SSSR count). The van der Waals surface area contributed by atoms with Gasteiger partial charge in [0.15, 0.2) is 0 Å². The number of aliphatic hydroxyl groups is 1. The lowest BCUT2D eigenvalue weighted by molar-refractivity contribution is 0.0369. The fraction of sp³-hybridized carbons (Fsp3) is 1.00. The third-order valence-electron chi connectivity index (χ3n) is 4.53. The molecule has 1 aliphatic heterocycles. The van der Waals surface area contributed by atoms with Crippen LogP contribution in [0.15, 0.2) is 0 Å². The zero-order valence-electron chi connectivity index (χ0n) is 13.3. The van der Waals surface area contributed by atoms with Crippen molar-refractivity contribution in [2.75, 3.05) is 19.6 Å². The normalized spacial score (nSPS) is 22.2. The van der Waals surface area contributed by atoms with Crippen molar-refractivity contribution >= 4 is 0 Å². The fourth-order valence-corrected chi connectivity index (χ4v) is 2.76. The highest BCUT2D eigenvalue weighted by Gasteiger charge is 2.29. The Morgan fingerprint density at radius 2 is 1.56 bits per heavy atom. The first-order valence-electron chi connectivity index (χ1n) is 7.51. The average molecular weight is 255 g/mol. The lowest BCUT2D eigenvalue weighted by Gasteiger charge is -2.39. The standard InChI is InChI=1S/C16H33NO/c1-15(2,3)13-7-10-17(11-8-13)12-9-14(18)16(4,5)6/h13-14,18H,7-12H2,1-6H3. The molecular formula is C16H33NO.